The number of allylic oxidation sites excluding steroid dienone is 2. The van der Waals surface area contributed by atoms with Crippen LogP contribution in [0.2, 0.25) is 0 Å². The van der Waals surface area contributed by atoms with E-state index in [0.717, 1.165) is 27.9 Å². The summed E-state index contributed by atoms with van der Waals surface area (Å²) in [4.78, 5) is 8.87. The minimum atomic E-state index is 0.0812. The second-order valence-corrected chi connectivity index (χ2v) is 5.84. The molecular weight excluding hydrogens is 300 g/mol. The molecule has 4 nitrogen and oxygen atoms in total. The number of hydrogen-bond donors (Lipinski definition) is 1. The molecule has 0 fully saturated rings. The first-order chi connectivity index (χ1) is 11.7. The van der Waals surface area contributed by atoms with E-state index >= 15 is 0 Å². The van der Waals surface area contributed by atoms with E-state index in [2.05, 4.69) is 9.98 Å². The molecule has 0 amide bonds. The largest absolute Gasteiger partial charge is 0.508 e. The van der Waals surface area contributed by atoms with Crippen molar-refractivity contribution in [2.75, 3.05) is 0 Å². The van der Waals surface area contributed by atoms with Crippen LogP contribution in [0.3, 0.4) is 0 Å². The number of benzene rings is 2. The third kappa shape index (κ3) is 2.86. The predicted octanol–water partition coefficient (Wildman–Crippen LogP) is 4.60. The van der Waals surface area contributed by atoms with Crippen molar-refractivity contribution in [3.05, 3.63) is 71.6 Å². The third-order valence-electron chi connectivity index (χ3n) is 3.87. The van der Waals surface area contributed by atoms with E-state index in [9.17, 15) is 5.11 Å². The lowest BCUT2D eigenvalue weighted by Gasteiger charge is -2.02. The summed E-state index contributed by atoms with van der Waals surface area (Å²) in [5.41, 5.74) is 4.42. The van der Waals surface area contributed by atoms with Gasteiger partial charge in [0.1, 0.15) is 11.3 Å². The molecule has 1 unspecified atom stereocenters. The lowest BCUT2D eigenvalue weighted by Crippen LogP contribution is -1.87. The molecule has 4 heteroatoms. The highest BCUT2D eigenvalue weighted by atomic mass is 16.3. The van der Waals surface area contributed by atoms with Gasteiger partial charge in [0.15, 0.2) is 5.58 Å². The Morgan fingerprint density at radius 1 is 1.17 bits per heavy atom. The van der Waals surface area contributed by atoms with E-state index in [1.807, 2.05) is 61.7 Å². The Kier molecular flexibility index (Phi) is 3.50. The van der Waals surface area contributed by atoms with Gasteiger partial charge in [-0.2, -0.15) is 0 Å². The van der Waals surface area contributed by atoms with Crippen molar-refractivity contribution in [1.82, 2.24) is 4.98 Å². The minimum absolute atomic E-state index is 0.0812. The number of aromatic nitrogens is 1. The summed E-state index contributed by atoms with van der Waals surface area (Å²) in [6.07, 6.45) is 7.78. The fraction of sp³-hybridized carbons (Fsp3) is 0.100. The summed E-state index contributed by atoms with van der Waals surface area (Å²) in [7, 11) is 0. The highest BCUT2D eigenvalue weighted by Gasteiger charge is 2.11. The molecule has 118 valence electrons. The van der Waals surface area contributed by atoms with Crippen LogP contribution in [0.5, 0.6) is 5.75 Å². The maximum Gasteiger partial charge on any atom is 0.219 e. The van der Waals surface area contributed by atoms with Crippen LogP contribution >= 0.6 is 0 Å². The van der Waals surface area contributed by atoms with Crippen LogP contribution in [-0.4, -0.2) is 16.3 Å². The zero-order valence-corrected chi connectivity index (χ0v) is 13.2. The van der Waals surface area contributed by atoms with Gasteiger partial charge in [0.25, 0.3) is 0 Å². The number of phenolic OH excluding ortho intramolecular Hbond substituents is 1. The van der Waals surface area contributed by atoms with Crippen LogP contribution < -0.4 is 0 Å². The van der Waals surface area contributed by atoms with Crippen LogP contribution in [0.15, 0.2) is 64.0 Å². The molecule has 2 heterocycles. The number of para-hydroxylation sites is 2. The monoisotopic (exact) mass is 316 g/mol. The topological polar surface area (TPSA) is 58.6 Å². The van der Waals surface area contributed by atoms with Crippen molar-refractivity contribution < 1.29 is 9.52 Å². The number of nitrogens with zero attached hydrogens (tertiary/aromatic N) is 2. The lowest BCUT2D eigenvalue weighted by atomic mass is 10.1. The molecule has 1 aromatic heterocycles. The second-order valence-electron chi connectivity index (χ2n) is 5.84. The number of phenols is 1. The van der Waals surface area contributed by atoms with Crippen molar-refractivity contribution in [1.29, 1.82) is 0 Å². The summed E-state index contributed by atoms with van der Waals surface area (Å²) < 4.78 is 5.67. The molecular formula is C20H16N2O2. The maximum atomic E-state index is 9.73. The van der Waals surface area contributed by atoms with E-state index in [4.69, 9.17) is 4.42 Å². The van der Waals surface area contributed by atoms with Gasteiger partial charge in [0.05, 0.1) is 5.70 Å². The number of rotatable bonds is 3. The van der Waals surface area contributed by atoms with Gasteiger partial charge in [-0.3, -0.25) is 4.99 Å². The molecule has 0 radical (unpaired) electrons. The van der Waals surface area contributed by atoms with Gasteiger partial charge in [0.2, 0.25) is 5.89 Å². The lowest BCUT2D eigenvalue weighted by molar-refractivity contribution is 0.474. The van der Waals surface area contributed by atoms with E-state index in [1.165, 1.54) is 0 Å². The first-order valence-electron chi connectivity index (χ1n) is 7.78. The number of aromatic hydroxyl groups is 1. The van der Waals surface area contributed by atoms with Crippen LogP contribution in [0.1, 0.15) is 17.0 Å². The fourth-order valence-electron chi connectivity index (χ4n) is 2.78. The Morgan fingerprint density at radius 2 is 2.04 bits per heavy atom. The molecule has 3 aromatic rings. The van der Waals surface area contributed by atoms with Crippen LogP contribution in [0.25, 0.3) is 22.9 Å². The fourth-order valence-corrected chi connectivity index (χ4v) is 2.78. The van der Waals surface area contributed by atoms with Crippen molar-refractivity contribution in [2.45, 2.75) is 6.92 Å². The molecule has 0 saturated heterocycles. The average Bonchev–Trinajstić information content (AvgIpc) is 3.18. The second kappa shape index (κ2) is 5.81. The smallest absolute Gasteiger partial charge is 0.219 e. The highest BCUT2D eigenvalue weighted by molar-refractivity contribution is 5.85. The van der Waals surface area contributed by atoms with Crippen molar-refractivity contribution in [2.24, 2.45) is 10.9 Å². The van der Waals surface area contributed by atoms with Crippen molar-refractivity contribution in [3.63, 3.8) is 0 Å². The first kappa shape index (κ1) is 14.5. The molecule has 1 N–H and O–H groups in total. The highest BCUT2D eigenvalue weighted by Crippen LogP contribution is 2.27. The summed E-state index contributed by atoms with van der Waals surface area (Å²) in [5.74, 6) is 0.920. The summed E-state index contributed by atoms with van der Waals surface area (Å²) in [5, 5.41) is 9.73. The molecule has 2 aromatic carbocycles. The SMILES string of the molecule is Cc1cc(O)cc(C2=CC(/C=C\c3nc4ccccc4o3)C=N2)c1. The Morgan fingerprint density at radius 3 is 2.88 bits per heavy atom. The van der Waals surface area contributed by atoms with Crippen LogP contribution in [0, 0.1) is 12.8 Å². The normalized spacial score (nSPS) is 17.0. The van der Waals surface area contributed by atoms with E-state index in [-0.39, 0.29) is 11.7 Å². The molecule has 0 saturated carbocycles. The van der Waals surface area contributed by atoms with Crippen LogP contribution in [-0.2, 0) is 0 Å². The van der Waals surface area contributed by atoms with E-state index in [1.54, 1.807) is 12.1 Å². The molecule has 4 rings (SSSR count). The van der Waals surface area contributed by atoms with Crippen molar-refractivity contribution in [3.8, 4) is 5.75 Å². The molecule has 0 aliphatic carbocycles. The molecule has 1 atom stereocenters. The molecule has 1 aliphatic heterocycles. The number of aliphatic imine (C=N–C) groups is 1. The van der Waals surface area contributed by atoms with Gasteiger partial charge < -0.3 is 9.52 Å². The van der Waals surface area contributed by atoms with Gasteiger partial charge in [-0.25, -0.2) is 4.98 Å². The number of aryl methyl sites for hydroxylation is 1. The molecule has 24 heavy (non-hydrogen) atoms. The summed E-state index contributed by atoms with van der Waals surface area (Å²) >= 11 is 0. The van der Waals surface area contributed by atoms with Crippen LogP contribution in [0.4, 0.5) is 0 Å². The standard InChI is InChI=1S/C20H16N2O2/c1-13-8-15(11-16(23)9-13)18-10-14(12-21-18)6-7-20-22-17-4-2-3-5-19(17)24-20/h2-12,14,23H,1H3/b7-6-. The van der Waals surface area contributed by atoms with Gasteiger partial charge in [-0.05, 0) is 55.0 Å². The van der Waals surface area contributed by atoms with Gasteiger partial charge in [0, 0.05) is 17.7 Å². The summed E-state index contributed by atoms with van der Waals surface area (Å²) in [6.45, 7) is 1.95. The third-order valence-corrected chi connectivity index (χ3v) is 3.87. The molecule has 0 bridgehead atoms. The zero-order chi connectivity index (χ0) is 16.5. The Bertz CT molecular complexity index is 943. The van der Waals surface area contributed by atoms with Crippen molar-refractivity contribution >= 4 is 29.1 Å². The van der Waals surface area contributed by atoms with Gasteiger partial charge in [-0.15, -0.1) is 0 Å². The van der Waals surface area contributed by atoms with Gasteiger partial charge >= 0.3 is 0 Å². The predicted molar refractivity (Wildman–Crippen MR) is 95.8 cm³/mol. The Balaban J connectivity index is 1.55. The van der Waals surface area contributed by atoms with E-state index < -0.39 is 0 Å². The first-order valence-corrected chi connectivity index (χ1v) is 7.78. The zero-order valence-electron chi connectivity index (χ0n) is 13.2. The number of hydrogen-bond acceptors (Lipinski definition) is 4. The maximum absolute atomic E-state index is 9.73. The quantitative estimate of drug-likeness (QED) is 0.768. The molecule has 1 aliphatic rings. The minimum Gasteiger partial charge on any atom is -0.508 e. The Labute approximate surface area is 139 Å². The number of fused-ring (bicyclic) bond motifs is 1. The molecule has 0 spiro atoms. The van der Waals surface area contributed by atoms with E-state index in [0.29, 0.717) is 5.89 Å². The average molecular weight is 316 g/mol. The summed E-state index contributed by atoms with van der Waals surface area (Å²) in [6, 6.07) is 13.2. The van der Waals surface area contributed by atoms with Gasteiger partial charge in [-0.1, -0.05) is 18.2 Å². The Hall–Kier alpha value is -3.14. The number of oxazole rings is 1.